The van der Waals surface area contributed by atoms with Gasteiger partial charge in [0.25, 0.3) is 0 Å². The lowest BCUT2D eigenvalue weighted by Crippen LogP contribution is -2.16. The first-order valence-corrected chi connectivity index (χ1v) is 11.0. The van der Waals surface area contributed by atoms with Crippen LogP contribution in [0.5, 0.6) is 11.5 Å². The number of fused-ring (bicyclic) bond motifs is 1. The Morgan fingerprint density at radius 3 is 2.00 bits per heavy atom. The van der Waals surface area contributed by atoms with E-state index in [4.69, 9.17) is 4.74 Å². The number of aromatic hydroxyl groups is 1. The number of phenolic OH excluding ortho intramolecular Hbond substituents is 1. The Balaban J connectivity index is 0.000000757. The zero-order valence-corrected chi connectivity index (χ0v) is 19.1. The van der Waals surface area contributed by atoms with Crippen molar-refractivity contribution in [2.45, 2.75) is 54.1 Å². The Kier molecular flexibility index (Phi) is 8.73. The van der Waals surface area contributed by atoms with Crippen molar-refractivity contribution in [2.75, 3.05) is 0 Å². The van der Waals surface area contributed by atoms with Gasteiger partial charge in [-0.1, -0.05) is 89.2 Å². The molecule has 0 spiro atoms. The summed E-state index contributed by atoms with van der Waals surface area (Å²) in [4.78, 5) is 0. The normalized spacial score (nSPS) is 14.4. The average molecular weight is 403 g/mol. The molecule has 158 valence electrons. The van der Waals surface area contributed by atoms with E-state index in [0.29, 0.717) is 0 Å². The monoisotopic (exact) mass is 402 g/mol. The zero-order valence-electron chi connectivity index (χ0n) is 19.1. The first kappa shape index (κ1) is 23.3. The van der Waals surface area contributed by atoms with Gasteiger partial charge in [0, 0.05) is 11.1 Å². The van der Waals surface area contributed by atoms with Gasteiger partial charge in [0.2, 0.25) is 0 Å². The molecule has 3 aromatic carbocycles. The Morgan fingerprint density at radius 2 is 1.40 bits per heavy atom. The van der Waals surface area contributed by atoms with Crippen LogP contribution < -0.4 is 4.74 Å². The molecular weight excluding hydrogens is 368 g/mol. The average Bonchev–Trinajstić information content (AvgIpc) is 2.82. The Labute approximate surface area is 181 Å². The molecule has 0 aliphatic carbocycles. The van der Waals surface area contributed by atoms with Crippen molar-refractivity contribution in [3.8, 4) is 11.5 Å². The standard InChI is InChI=1S/C24H22O2.2C2H6/c1-3-17-8-10-19(11-9-17)24-23(18-12-14-20(25)15-13-18)16(2)21-6-4-5-7-22(21)26-24;2*1-2/h4-15,24-25H,3H2,1-2H3;2*1-2H3. The quantitative estimate of drug-likeness (QED) is 0.480. The van der Waals surface area contributed by atoms with Crippen LogP contribution in [0.3, 0.4) is 0 Å². The summed E-state index contributed by atoms with van der Waals surface area (Å²) in [6.45, 7) is 12.3. The first-order chi connectivity index (χ1) is 14.7. The maximum absolute atomic E-state index is 9.67. The van der Waals surface area contributed by atoms with Crippen molar-refractivity contribution in [3.05, 3.63) is 95.1 Å². The molecule has 0 bridgehead atoms. The van der Waals surface area contributed by atoms with Crippen LogP contribution in [0.1, 0.15) is 69.9 Å². The van der Waals surface area contributed by atoms with Crippen LogP contribution in [0, 0.1) is 0 Å². The first-order valence-electron chi connectivity index (χ1n) is 11.0. The van der Waals surface area contributed by atoms with Gasteiger partial charge in [-0.3, -0.25) is 0 Å². The molecule has 0 saturated heterocycles. The SMILES string of the molecule is CC.CC.CCc1ccc(C2Oc3ccccc3C(C)=C2c2ccc(O)cc2)cc1. The molecule has 1 unspecified atom stereocenters. The van der Waals surface area contributed by atoms with Gasteiger partial charge in [-0.2, -0.15) is 0 Å². The minimum absolute atomic E-state index is 0.166. The molecule has 0 aromatic heterocycles. The fourth-order valence-corrected chi connectivity index (χ4v) is 3.58. The maximum Gasteiger partial charge on any atom is 0.150 e. The highest BCUT2D eigenvalue weighted by molar-refractivity contribution is 5.95. The van der Waals surface area contributed by atoms with E-state index in [0.717, 1.165) is 34.4 Å². The summed E-state index contributed by atoms with van der Waals surface area (Å²) in [6, 6.07) is 24.2. The molecule has 0 radical (unpaired) electrons. The Hall–Kier alpha value is -3.00. The van der Waals surface area contributed by atoms with Crippen molar-refractivity contribution >= 4 is 11.1 Å². The Morgan fingerprint density at radius 1 is 0.800 bits per heavy atom. The molecule has 2 nitrogen and oxygen atoms in total. The summed E-state index contributed by atoms with van der Waals surface area (Å²) < 4.78 is 6.44. The van der Waals surface area contributed by atoms with Crippen LogP contribution in [0.15, 0.2) is 72.8 Å². The molecular formula is C28H34O2. The third-order valence-electron chi connectivity index (χ3n) is 5.07. The van der Waals surface area contributed by atoms with E-state index in [2.05, 4.69) is 44.2 Å². The number of allylic oxidation sites excluding steroid dienone is 1. The summed E-state index contributed by atoms with van der Waals surface area (Å²) in [6.07, 6.45) is 0.856. The Bertz CT molecular complexity index is 951. The predicted molar refractivity (Wildman–Crippen MR) is 129 cm³/mol. The molecule has 0 amide bonds. The van der Waals surface area contributed by atoms with Crippen molar-refractivity contribution < 1.29 is 9.84 Å². The number of hydrogen-bond donors (Lipinski definition) is 1. The zero-order chi connectivity index (χ0) is 22.1. The fourth-order valence-electron chi connectivity index (χ4n) is 3.58. The summed E-state index contributed by atoms with van der Waals surface area (Å²) in [5.74, 6) is 1.19. The van der Waals surface area contributed by atoms with Gasteiger partial charge in [-0.25, -0.2) is 0 Å². The molecule has 2 heteroatoms. The topological polar surface area (TPSA) is 29.5 Å². The molecule has 3 aromatic rings. The van der Waals surface area contributed by atoms with Crippen LogP contribution in [-0.2, 0) is 6.42 Å². The summed E-state index contributed by atoms with van der Waals surface area (Å²) in [7, 11) is 0. The second-order valence-corrected chi connectivity index (χ2v) is 6.67. The van der Waals surface area contributed by atoms with Crippen LogP contribution in [0.4, 0.5) is 0 Å². The van der Waals surface area contributed by atoms with Crippen LogP contribution >= 0.6 is 0 Å². The van der Waals surface area contributed by atoms with Gasteiger partial charge < -0.3 is 9.84 Å². The van der Waals surface area contributed by atoms with E-state index in [1.54, 1.807) is 12.1 Å². The molecule has 4 rings (SSSR count). The highest BCUT2D eigenvalue weighted by Crippen LogP contribution is 2.46. The minimum Gasteiger partial charge on any atom is -0.508 e. The van der Waals surface area contributed by atoms with E-state index in [-0.39, 0.29) is 11.9 Å². The summed E-state index contributed by atoms with van der Waals surface area (Å²) >= 11 is 0. The maximum atomic E-state index is 9.67. The number of hydrogen-bond acceptors (Lipinski definition) is 2. The predicted octanol–water partition coefficient (Wildman–Crippen LogP) is 8.07. The van der Waals surface area contributed by atoms with Crippen molar-refractivity contribution in [3.63, 3.8) is 0 Å². The number of phenols is 1. The third kappa shape index (κ3) is 4.94. The molecule has 1 heterocycles. The number of rotatable bonds is 3. The van der Waals surface area contributed by atoms with Crippen molar-refractivity contribution in [1.29, 1.82) is 0 Å². The lowest BCUT2D eigenvalue weighted by Gasteiger charge is -2.31. The molecule has 1 N–H and O–H groups in total. The molecule has 0 fully saturated rings. The number of ether oxygens (including phenoxy) is 1. The van der Waals surface area contributed by atoms with Crippen molar-refractivity contribution in [1.82, 2.24) is 0 Å². The van der Waals surface area contributed by atoms with Gasteiger partial charge in [-0.05, 0) is 53.8 Å². The second-order valence-electron chi connectivity index (χ2n) is 6.67. The van der Waals surface area contributed by atoms with Gasteiger partial charge in [-0.15, -0.1) is 0 Å². The highest BCUT2D eigenvalue weighted by Gasteiger charge is 2.28. The van der Waals surface area contributed by atoms with Crippen LogP contribution in [0.25, 0.3) is 11.1 Å². The van der Waals surface area contributed by atoms with Gasteiger partial charge in [0.05, 0.1) is 0 Å². The number of aryl methyl sites for hydroxylation is 1. The number of benzene rings is 3. The molecule has 0 saturated carbocycles. The minimum atomic E-state index is -0.166. The molecule has 1 atom stereocenters. The van der Waals surface area contributed by atoms with E-state index >= 15 is 0 Å². The fraction of sp³-hybridized carbons (Fsp3) is 0.286. The van der Waals surface area contributed by atoms with Crippen LogP contribution in [-0.4, -0.2) is 5.11 Å². The largest absolute Gasteiger partial charge is 0.508 e. The summed E-state index contributed by atoms with van der Waals surface area (Å²) in [5, 5.41) is 9.67. The van der Waals surface area contributed by atoms with Gasteiger partial charge >= 0.3 is 0 Å². The van der Waals surface area contributed by atoms with E-state index < -0.39 is 0 Å². The molecule has 1 aliphatic heterocycles. The van der Waals surface area contributed by atoms with E-state index in [1.807, 2.05) is 58.0 Å². The lowest BCUT2D eigenvalue weighted by atomic mass is 9.86. The smallest absolute Gasteiger partial charge is 0.150 e. The highest BCUT2D eigenvalue weighted by atomic mass is 16.5. The van der Waals surface area contributed by atoms with E-state index in [1.165, 1.54) is 11.1 Å². The molecule has 1 aliphatic rings. The number of para-hydroxylation sites is 1. The van der Waals surface area contributed by atoms with Crippen molar-refractivity contribution in [2.24, 2.45) is 0 Å². The van der Waals surface area contributed by atoms with Crippen LogP contribution in [0.2, 0.25) is 0 Å². The second kappa shape index (κ2) is 11.3. The summed E-state index contributed by atoms with van der Waals surface area (Å²) in [5.41, 5.74) is 7.00. The molecule has 30 heavy (non-hydrogen) atoms. The van der Waals surface area contributed by atoms with E-state index in [9.17, 15) is 5.11 Å². The van der Waals surface area contributed by atoms with Gasteiger partial charge in [0.1, 0.15) is 17.6 Å². The third-order valence-corrected chi connectivity index (χ3v) is 5.07. The van der Waals surface area contributed by atoms with Gasteiger partial charge in [0.15, 0.2) is 0 Å². The lowest BCUT2D eigenvalue weighted by molar-refractivity contribution is 0.260.